The number of hydrogen-bond donors (Lipinski definition) is 1. The van der Waals surface area contributed by atoms with Crippen LogP contribution in [0.25, 0.3) is 0 Å². The highest BCUT2D eigenvalue weighted by Crippen LogP contribution is 2.40. The summed E-state index contributed by atoms with van der Waals surface area (Å²) < 4.78 is 0. The molecule has 3 heterocycles. The summed E-state index contributed by atoms with van der Waals surface area (Å²) in [7, 11) is 0. The van der Waals surface area contributed by atoms with Crippen molar-refractivity contribution in [1.82, 2.24) is 14.8 Å². The van der Waals surface area contributed by atoms with Gasteiger partial charge in [0.1, 0.15) is 0 Å². The van der Waals surface area contributed by atoms with Gasteiger partial charge in [-0.25, -0.2) is 4.98 Å². The minimum Gasteiger partial charge on any atom is -0.368 e. The number of amides is 2. The topological polar surface area (TPSA) is 79.5 Å². The van der Waals surface area contributed by atoms with Gasteiger partial charge in [-0.2, -0.15) is 0 Å². The van der Waals surface area contributed by atoms with E-state index in [1.54, 1.807) is 16.2 Å². The van der Waals surface area contributed by atoms with Gasteiger partial charge >= 0.3 is 0 Å². The van der Waals surface area contributed by atoms with E-state index in [2.05, 4.69) is 15.3 Å². The minimum absolute atomic E-state index is 0.0579. The number of primary amides is 1. The second kappa shape index (κ2) is 6.57. The molecule has 0 radical (unpaired) electrons. The predicted molar refractivity (Wildman–Crippen MR) is 88.8 cm³/mol. The van der Waals surface area contributed by atoms with E-state index in [0.717, 1.165) is 49.6 Å². The van der Waals surface area contributed by atoms with Crippen molar-refractivity contribution in [1.29, 1.82) is 0 Å². The first-order valence-electron chi connectivity index (χ1n) is 8.15. The van der Waals surface area contributed by atoms with Crippen LogP contribution < -0.4 is 5.73 Å². The molecule has 23 heavy (non-hydrogen) atoms. The van der Waals surface area contributed by atoms with Crippen molar-refractivity contribution in [2.24, 2.45) is 11.1 Å². The average Bonchev–Trinajstić information content (AvgIpc) is 2.91. The van der Waals surface area contributed by atoms with E-state index in [1.165, 1.54) is 0 Å². The van der Waals surface area contributed by atoms with Crippen LogP contribution in [-0.2, 0) is 16.1 Å². The number of nitrogens with two attached hydrogens (primary N) is 1. The zero-order chi connectivity index (χ0) is 16.4. The summed E-state index contributed by atoms with van der Waals surface area (Å²) >= 11 is 1.70. The molecule has 0 saturated carbocycles. The van der Waals surface area contributed by atoms with Crippen molar-refractivity contribution in [3.63, 3.8) is 0 Å². The van der Waals surface area contributed by atoms with Gasteiger partial charge < -0.3 is 10.6 Å². The van der Waals surface area contributed by atoms with E-state index >= 15 is 0 Å². The SMILES string of the molecule is Cc1nc(CN2CCC3(CCC(=O)N(CC(N)=O)C3)CC2)cs1. The molecule has 0 atom stereocenters. The second-order valence-electron chi connectivity index (χ2n) is 6.85. The Labute approximate surface area is 140 Å². The van der Waals surface area contributed by atoms with Gasteiger partial charge in [-0.05, 0) is 44.7 Å². The molecule has 0 aromatic carbocycles. The Morgan fingerprint density at radius 1 is 1.39 bits per heavy atom. The number of thiazole rings is 1. The van der Waals surface area contributed by atoms with Gasteiger partial charge in [0.25, 0.3) is 0 Å². The van der Waals surface area contributed by atoms with Crippen LogP contribution in [-0.4, -0.2) is 52.8 Å². The van der Waals surface area contributed by atoms with E-state index in [9.17, 15) is 9.59 Å². The maximum absolute atomic E-state index is 12.0. The zero-order valence-electron chi connectivity index (χ0n) is 13.6. The first-order valence-corrected chi connectivity index (χ1v) is 9.03. The second-order valence-corrected chi connectivity index (χ2v) is 7.91. The number of aryl methyl sites for hydroxylation is 1. The molecule has 1 aromatic heterocycles. The standard InChI is InChI=1S/C16H24N4O2S/c1-12-18-13(10-23-12)8-19-6-4-16(5-7-19)3-2-15(22)20(11-16)9-14(17)21/h10H,2-9,11H2,1H3,(H2,17,21). The quantitative estimate of drug-likeness (QED) is 0.894. The van der Waals surface area contributed by atoms with Crippen LogP contribution in [0, 0.1) is 12.3 Å². The molecule has 1 aromatic rings. The Kier molecular flexibility index (Phi) is 4.68. The van der Waals surface area contributed by atoms with Crippen molar-refractivity contribution >= 4 is 23.2 Å². The maximum Gasteiger partial charge on any atom is 0.237 e. The lowest BCUT2D eigenvalue weighted by Gasteiger charge is -2.47. The van der Waals surface area contributed by atoms with Gasteiger partial charge in [-0.1, -0.05) is 0 Å². The highest BCUT2D eigenvalue weighted by Gasteiger charge is 2.41. The number of carbonyl (C=O) groups is 2. The Bertz CT molecular complexity index is 593. The van der Waals surface area contributed by atoms with Crippen LogP contribution in [0.1, 0.15) is 36.4 Å². The van der Waals surface area contributed by atoms with E-state index in [1.807, 2.05) is 6.92 Å². The smallest absolute Gasteiger partial charge is 0.237 e. The van der Waals surface area contributed by atoms with Crippen LogP contribution in [0.5, 0.6) is 0 Å². The fourth-order valence-corrected chi connectivity index (χ4v) is 4.34. The summed E-state index contributed by atoms with van der Waals surface area (Å²) in [6.07, 6.45) is 3.61. The molecule has 2 saturated heterocycles. The predicted octanol–water partition coefficient (Wildman–Crippen LogP) is 1.14. The van der Waals surface area contributed by atoms with Gasteiger partial charge in [0, 0.05) is 24.9 Å². The van der Waals surface area contributed by atoms with E-state index in [0.29, 0.717) is 13.0 Å². The molecule has 0 bridgehead atoms. The highest BCUT2D eigenvalue weighted by atomic mass is 32.1. The average molecular weight is 336 g/mol. The number of nitrogens with zero attached hydrogens (tertiary/aromatic N) is 3. The Hall–Kier alpha value is -1.47. The molecule has 3 rings (SSSR count). The summed E-state index contributed by atoms with van der Waals surface area (Å²) in [6.45, 7) is 5.72. The van der Waals surface area contributed by atoms with E-state index in [4.69, 9.17) is 5.73 Å². The van der Waals surface area contributed by atoms with Crippen molar-refractivity contribution < 1.29 is 9.59 Å². The maximum atomic E-state index is 12.0. The number of carbonyl (C=O) groups excluding carboxylic acids is 2. The number of likely N-dealkylation sites (tertiary alicyclic amines) is 2. The monoisotopic (exact) mass is 336 g/mol. The zero-order valence-corrected chi connectivity index (χ0v) is 14.4. The van der Waals surface area contributed by atoms with Crippen LogP contribution in [0.2, 0.25) is 0 Å². The molecule has 2 amide bonds. The third-order valence-corrected chi connectivity index (χ3v) is 5.89. The van der Waals surface area contributed by atoms with Gasteiger partial charge in [0.2, 0.25) is 11.8 Å². The lowest BCUT2D eigenvalue weighted by molar-refractivity contribution is -0.142. The van der Waals surface area contributed by atoms with E-state index in [-0.39, 0.29) is 17.9 Å². The number of piperidine rings is 2. The lowest BCUT2D eigenvalue weighted by atomic mass is 9.72. The molecule has 2 fully saturated rings. The summed E-state index contributed by atoms with van der Waals surface area (Å²) in [6, 6.07) is 0. The van der Waals surface area contributed by atoms with Gasteiger partial charge in [0.15, 0.2) is 0 Å². The highest BCUT2D eigenvalue weighted by molar-refractivity contribution is 7.09. The third kappa shape index (κ3) is 3.90. The number of aromatic nitrogens is 1. The largest absolute Gasteiger partial charge is 0.368 e. The number of rotatable bonds is 4. The first-order chi connectivity index (χ1) is 11.0. The lowest BCUT2D eigenvalue weighted by Crippen LogP contribution is -2.53. The Morgan fingerprint density at radius 3 is 2.74 bits per heavy atom. The molecule has 2 aliphatic heterocycles. The van der Waals surface area contributed by atoms with Crippen LogP contribution >= 0.6 is 11.3 Å². The molecule has 2 aliphatic rings. The van der Waals surface area contributed by atoms with Crippen molar-refractivity contribution in [2.45, 2.75) is 39.2 Å². The van der Waals surface area contributed by atoms with Crippen molar-refractivity contribution in [3.8, 4) is 0 Å². The molecule has 126 valence electrons. The molecular formula is C16H24N4O2S. The van der Waals surface area contributed by atoms with E-state index < -0.39 is 5.91 Å². The molecule has 0 unspecified atom stereocenters. The van der Waals surface area contributed by atoms with Crippen LogP contribution in [0.4, 0.5) is 0 Å². The molecule has 6 nitrogen and oxygen atoms in total. The molecule has 0 aliphatic carbocycles. The van der Waals surface area contributed by atoms with Gasteiger partial charge in [-0.3, -0.25) is 14.5 Å². The van der Waals surface area contributed by atoms with Gasteiger partial charge in [-0.15, -0.1) is 11.3 Å². The number of hydrogen-bond acceptors (Lipinski definition) is 5. The minimum atomic E-state index is -0.424. The fourth-order valence-electron chi connectivity index (χ4n) is 3.74. The fraction of sp³-hybridized carbons (Fsp3) is 0.688. The summed E-state index contributed by atoms with van der Waals surface area (Å²) in [5, 5.41) is 3.24. The molecule has 2 N–H and O–H groups in total. The third-order valence-electron chi connectivity index (χ3n) is 5.06. The van der Waals surface area contributed by atoms with Gasteiger partial charge in [0.05, 0.1) is 17.2 Å². The van der Waals surface area contributed by atoms with Crippen molar-refractivity contribution in [2.75, 3.05) is 26.2 Å². The first kappa shape index (κ1) is 16.4. The molecule has 7 heteroatoms. The molecule has 1 spiro atoms. The normalized spacial score (nSPS) is 21.8. The summed E-state index contributed by atoms with van der Waals surface area (Å²) in [5.41, 5.74) is 6.58. The Morgan fingerprint density at radius 2 is 2.13 bits per heavy atom. The van der Waals surface area contributed by atoms with Crippen molar-refractivity contribution in [3.05, 3.63) is 16.1 Å². The molecular weight excluding hydrogens is 312 g/mol. The van der Waals surface area contributed by atoms with Crippen LogP contribution in [0.15, 0.2) is 5.38 Å². The van der Waals surface area contributed by atoms with Crippen LogP contribution in [0.3, 0.4) is 0 Å². The Balaban J connectivity index is 1.56. The summed E-state index contributed by atoms with van der Waals surface area (Å²) in [4.78, 5) is 31.8. The summed E-state index contributed by atoms with van der Waals surface area (Å²) in [5.74, 6) is -0.360.